The normalized spacial score (nSPS) is 10.6. The predicted octanol–water partition coefficient (Wildman–Crippen LogP) is 3.28. The third-order valence-corrected chi connectivity index (χ3v) is 3.77. The molecular weight excluding hydrogens is 344 g/mol. The summed E-state index contributed by atoms with van der Waals surface area (Å²) in [6, 6.07) is 12.9. The molecule has 0 saturated carbocycles. The van der Waals surface area contributed by atoms with Gasteiger partial charge in [-0.05, 0) is 36.1 Å². The van der Waals surface area contributed by atoms with E-state index in [0.717, 1.165) is 0 Å². The van der Waals surface area contributed by atoms with Crippen LogP contribution in [0.15, 0.2) is 48.5 Å². The Bertz CT molecular complexity index is 765. The van der Waals surface area contributed by atoms with Crippen LogP contribution in [-0.2, 0) is 17.6 Å². The van der Waals surface area contributed by atoms with Gasteiger partial charge in [-0.1, -0.05) is 36.4 Å². The van der Waals surface area contributed by atoms with Crippen LogP contribution in [0, 0.1) is 0 Å². The highest BCUT2D eigenvalue weighted by Crippen LogP contribution is 2.20. The number of aromatic carboxylic acids is 1. The quantitative estimate of drug-likeness (QED) is 0.717. The summed E-state index contributed by atoms with van der Waals surface area (Å²) in [6.07, 6.45) is 0.791. The molecule has 0 aromatic heterocycles. The number of para-hydroxylation sites is 1. The van der Waals surface area contributed by atoms with Crippen LogP contribution in [0.5, 0.6) is 5.75 Å². The molecule has 0 unspecified atom stereocenters. The minimum absolute atomic E-state index is 0.0899. The molecule has 0 heterocycles. The first-order chi connectivity index (χ1) is 12.5. The zero-order valence-corrected chi connectivity index (χ0v) is 14.0. The van der Waals surface area contributed by atoms with Gasteiger partial charge in [0.05, 0.1) is 5.56 Å². The maximum Gasteiger partial charge on any atom is 0.387 e. The van der Waals surface area contributed by atoms with Gasteiger partial charge in [-0.25, -0.2) is 4.79 Å². The van der Waals surface area contributed by atoms with E-state index in [0.29, 0.717) is 24.0 Å². The van der Waals surface area contributed by atoms with Crippen LogP contribution >= 0.6 is 0 Å². The predicted molar refractivity (Wildman–Crippen MR) is 91.5 cm³/mol. The molecule has 2 aromatic carbocycles. The first-order valence-electron chi connectivity index (χ1n) is 8.08. The molecule has 1 amide bonds. The zero-order valence-electron chi connectivity index (χ0n) is 14.0. The summed E-state index contributed by atoms with van der Waals surface area (Å²) < 4.78 is 29.2. The van der Waals surface area contributed by atoms with Gasteiger partial charge < -0.3 is 15.2 Å². The van der Waals surface area contributed by atoms with E-state index in [9.17, 15) is 18.4 Å². The van der Waals surface area contributed by atoms with E-state index in [1.54, 1.807) is 36.4 Å². The lowest BCUT2D eigenvalue weighted by Gasteiger charge is -2.11. The van der Waals surface area contributed by atoms with Crippen LogP contribution in [0.3, 0.4) is 0 Å². The van der Waals surface area contributed by atoms with Gasteiger partial charge in [-0.3, -0.25) is 4.79 Å². The Morgan fingerprint density at radius 2 is 1.65 bits per heavy atom. The van der Waals surface area contributed by atoms with Crippen LogP contribution in [0.4, 0.5) is 8.78 Å². The molecular formula is C19H19F2NO4. The van der Waals surface area contributed by atoms with Crippen molar-refractivity contribution < 1.29 is 28.2 Å². The lowest BCUT2D eigenvalue weighted by atomic mass is 10.0. The maximum absolute atomic E-state index is 12.4. The number of carboxylic acid groups (broad SMARTS) is 1. The Hall–Kier alpha value is -2.96. The van der Waals surface area contributed by atoms with E-state index in [-0.39, 0.29) is 30.2 Å². The third-order valence-electron chi connectivity index (χ3n) is 3.77. The number of carboxylic acids is 1. The second kappa shape index (κ2) is 9.50. The van der Waals surface area contributed by atoms with Gasteiger partial charge in [-0.15, -0.1) is 0 Å². The molecule has 2 N–H and O–H groups in total. The number of ether oxygens (including phenoxy) is 1. The van der Waals surface area contributed by atoms with E-state index >= 15 is 0 Å². The molecule has 0 aliphatic heterocycles. The summed E-state index contributed by atoms with van der Waals surface area (Å²) in [6.45, 7) is -2.64. The molecule has 138 valence electrons. The van der Waals surface area contributed by atoms with Crippen LogP contribution in [0.2, 0.25) is 0 Å². The number of nitrogens with one attached hydrogen (secondary N) is 1. The van der Waals surface area contributed by atoms with Crippen molar-refractivity contribution in [3.63, 3.8) is 0 Å². The Labute approximate surface area is 149 Å². The van der Waals surface area contributed by atoms with Crippen molar-refractivity contribution in [2.24, 2.45) is 0 Å². The fourth-order valence-corrected chi connectivity index (χ4v) is 2.54. The fourth-order valence-electron chi connectivity index (χ4n) is 2.54. The van der Waals surface area contributed by atoms with Crippen LogP contribution in [0.1, 0.15) is 27.9 Å². The Kier molecular flexibility index (Phi) is 7.08. The molecule has 0 saturated heterocycles. The Morgan fingerprint density at radius 3 is 2.35 bits per heavy atom. The highest BCUT2D eigenvalue weighted by Gasteiger charge is 2.12. The Balaban J connectivity index is 1.82. The van der Waals surface area contributed by atoms with Gasteiger partial charge in [0.1, 0.15) is 5.75 Å². The van der Waals surface area contributed by atoms with Gasteiger partial charge in [-0.2, -0.15) is 8.78 Å². The van der Waals surface area contributed by atoms with Crippen LogP contribution < -0.4 is 10.1 Å². The fraction of sp³-hybridized carbons (Fsp3) is 0.263. The lowest BCUT2D eigenvalue weighted by Crippen LogP contribution is -2.26. The molecule has 0 bridgehead atoms. The van der Waals surface area contributed by atoms with E-state index < -0.39 is 12.6 Å². The number of halogens is 2. The number of carbonyl (C=O) groups is 2. The number of aryl methyl sites for hydroxylation is 1. The van der Waals surface area contributed by atoms with Crippen molar-refractivity contribution in [3.8, 4) is 5.75 Å². The number of carbonyl (C=O) groups excluding carboxylic acids is 1. The molecule has 5 nitrogen and oxygen atoms in total. The first kappa shape index (κ1) is 19.4. The number of hydrogen-bond donors (Lipinski definition) is 2. The Morgan fingerprint density at radius 1 is 1.00 bits per heavy atom. The van der Waals surface area contributed by atoms with Gasteiger partial charge >= 0.3 is 12.6 Å². The summed E-state index contributed by atoms with van der Waals surface area (Å²) in [5.74, 6) is -1.18. The summed E-state index contributed by atoms with van der Waals surface area (Å²) in [5, 5.41) is 11.8. The number of alkyl halides is 2. The highest BCUT2D eigenvalue weighted by molar-refractivity contribution is 5.89. The van der Waals surface area contributed by atoms with Crippen molar-refractivity contribution in [1.82, 2.24) is 5.32 Å². The van der Waals surface area contributed by atoms with Crippen LogP contribution in [-0.4, -0.2) is 30.1 Å². The topological polar surface area (TPSA) is 75.6 Å². The summed E-state index contributed by atoms with van der Waals surface area (Å²) in [4.78, 5) is 23.1. The van der Waals surface area contributed by atoms with Gasteiger partial charge in [0.25, 0.3) is 0 Å². The largest absolute Gasteiger partial charge is 0.478 e. The molecule has 0 radical (unpaired) electrons. The maximum atomic E-state index is 12.4. The zero-order chi connectivity index (χ0) is 18.9. The standard InChI is InChI=1S/C19H19F2NO4/c20-19(21)26-16-8-4-2-6-14(16)11-12-22-17(23)10-9-13-5-1-3-7-15(13)18(24)25/h1-8,19H,9-12H2,(H,22,23)(H,24,25). The molecule has 2 rings (SSSR count). The summed E-state index contributed by atoms with van der Waals surface area (Å²) >= 11 is 0. The molecule has 26 heavy (non-hydrogen) atoms. The van der Waals surface area contributed by atoms with Crippen LogP contribution in [0.25, 0.3) is 0 Å². The van der Waals surface area contributed by atoms with E-state index in [1.807, 2.05) is 0 Å². The number of benzene rings is 2. The first-order valence-corrected chi connectivity index (χ1v) is 8.08. The lowest BCUT2D eigenvalue weighted by molar-refractivity contribution is -0.121. The second-order valence-electron chi connectivity index (χ2n) is 5.55. The molecule has 0 fully saturated rings. The highest BCUT2D eigenvalue weighted by atomic mass is 19.3. The average molecular weight is 363 g/mol. The van der Waals surface area contributed by atoms with Crippen molar-refractivity contribution in [2.45, 2.75) is 25.9 Å². The SMILES string of the molecule is O=C(CCc1ccccc1C(=O)O)NCCc1ccccc1OC(F)F. The molecule has 0 aliphatic rings. The number of rotatable bonds is 9. The molecule has 0 atom stereocenters. The van der Waals surface area contributed by atoms with Crippen molar-refractivity contribution >= 4 is 11.9 Å². The average Bonchev–Trinajstić information content (AvgIpc) is 2.61. The van der Waals surface area contributed by atoms with E-state index in [1.165, 1.54) is 12.1 Å². The number of hydrogen-bond acceptors (Lipinski definition) is 3. The molecule has 0 aliphatic carbocycles. The summed E-state index contributed by atoms with van der Waals surface area (Å²) in [5.41, 5.74) is 1.34. The minimum atomic E-state index is -2.90. The van der Waals surface area contributed by atoms with Gasteiger partial charge in [0, 0.05) is 13.0 Å². The smallest absolute Gasteiger partial charge is 0.387 e. The van der Waals surface area contributed by atoms with Crippen molar-refractivity contribution in [2.75, 3.05) is 6.54 Å². The third kappa shape index (κ3) is 5.84. The monoisotopic (exact) mass is 363 g/mol. The van der Waals surface area contributed by atoms with Gasteiger partial charge in [0.15, 0.2) is 0 Å². The van der Waals surface area contributed by atoms with E-state index in [2.05, 4.69) is 10.1 Å². The molecule has 0 spiro atoms. The molecule has 7 heteroatoms. The minimum Gasteiger partial charge on any atom is -0.478 e. The van der Waals surface area contributed by atoms with Gasteiger partial charge in [0.2, 0.25) is 5.91 Å². The second-order valence-corrected chi connectivity index (χ2v) is 5.55. The van der Waals surface area contributed by atoms with E-state index in [4.69, 9.17) is 5.11 Å². The van der Waals surface area contributed by atoms with Crippen molar-refractivity contribution in [3.05, 3.63) is 65.2 Å². The van der Waals surface area contributed by atoms with Crippen molar-refractivity contribution in [1.29, 1.82) is 0 Å². The summed E-state index contributed by atoms with van der Waals surface area (Å²) in [7, 11) is 0. The molecule has 2 aromatic rings. The number of amides is 1.